The molecule has 3 rings (SSSR count). The molecule has 1 heterocycles. The van der Waals surface area contributed by atoms with Crippen LogP contribution < -0.4 is 5.32 Å². The number of carbonyl (C=O) groups is 1. The molecule has 0 saturated carbocycles. The summed E-state index contributed by atoms with van der Waals surface area (Å²) in [6, 6.07) is 12.0. The molecule has 2 aromatic rings. The van der Waals surface area contributed by atoms with Crippen molar-refractivity contribution in [1.82, 2.24) is 0 Å². The number of non-ortho nitro benzene ring substituents is 1. The van der Waals surface area contributed by atoms with Gasteiger partial charge in [-0.3, -0.25) is 10.1 Å². The first-order valence-corrected chi connectivity index (χ1v) is 5.93. The summed E-state index contributed by atoms with van der Waals surface area (Å²) in [5.41, 5.74) is 0.695. The number of nitro groups is 1. The zero-order valence-electron chi connectivity index (χ0n) is 10.5. The van der Waals surface area contributed by atoms with Crippen LogP contribution in [0.5, 0.6) is 5.75 Å². The van der Waals surface area contributed by atoms with E-state index in [-0.39, 0.29) is 22.7 Å². The number of benzene rings is 1. The molecule has 0 unspecified atom stereocenters. The van der Waals surface area contributed by atoms with Crippen LogP contribution in [0, 0.1) is 22.2 Å². The van der Waals surface area contributed by atoms with Gasteiger partial charge in [0.2, 0.25) is 6.23 Å². The first-order chi connectivity index (χ1) is 10.1. The fourth-order valence-corrected chi connectivity index (χ4v) is 2.02. The maximum Gasteiger partial charge on any atom is 0.349 e. The third-order valence-electron chi connectivity index (χ3n) is 3.02. The summed E-state index contributed by atoms with van der Waals surface area (Å²) >= 11 is 0. The van der Waals surface area contributed by atoms with E-state index in [9.17, 15) is 20.0 Å². The second kappa shape index (κ2) is 4.68. The van der Waals surface area contributed by atoms with Crippen molar-refractivity contribution < 1.29 is 19.6 Å². The van der Waals surface area contributed by atoms with E-state index in [1.54, 1.807) is 12.1 Å². The number of rotatable bonds is 3. The summed E-state index contributed by atoms with van der Waals surface area (Å²) in [5.74, 6) is -0.749. The first kappa shape index (κ1) is 12.7. The topological polar surface area (TPSA) is 102 Å². The lowest BCUT2D eigenvalue weighted by atomic mass is 10.1. The van der Waals surface area contributed by atoms with Gasteiger partial charge in [-0.05, 0) is 18.2 Å². The highest BCUT2D eigenvalue weighted by atomic mass is 16.6. The minimum absolute atomic E-state index is 0.0997. The van der Waals surface area contributed by atoms with Gasteiger partial charge in [0.1, 0.15) is 11.3 Å². The van der Waals surface area contributed by atoms with Gasteiger partial charge in [-0.15, -0.1) is 0 Å². The molecule has 2 N–H and O–H groups in total. The van der Waals surface area contributed by atoms with E-state index in [4.69, 9.17) is 4.74 Å². The van der Waals surface area contributed by atoms with Gasteiger partial charge >= 0.3 is 5.97 Å². The summed E-state index contributed by atoms with van der Waals surface area (Å²) in [6.45, 7) is 0. The number of anilines is 1. The number of phenolic OH excluding ortho intramolecular Hbond substituents is 1. The zero-order chi connectivity index (χ0) is 15.0. The number of phenols is 1. The second-order valence-electron chi connectivity index (χ2n) is 4.32. The summed E-state index contributed by atoms with van der Waals surface area (Å²) < 4.78 is 5.11. The Labute approximate surface area is 118 Å². The first-order valence-electron chi connectivity index (χ1n) is 5.93. The van der Waals surface area contributed by atoms with Crippen LogP contribution in [0.25, 0.3) is 0 Å². The molecule has 0 amide bonds. The fraction of sp³-hybridized carbons (Fsp3) is 0.0714. The molecule has 0 saturated heterocycles. The van der Waals surface area contributed by atoms with Gasteiger partial charge in [0.25, 0.3) is 5.69 Å². The fourth-order valence-electron chi connectivity index (χ4n) is 2.02. The zero-order valence-corrected chi connectivity index (χ0v) is 10.5. The lowest BCUT2D eigenvalue weighted by Crippen LogP contribution is -2.10. The van der Waals surface area contributed by atoms with Crippen molar-refractivity contribution in [2.24, 2.45) is 0 Å². The molecular weight excluding hydrogens is 276 g/mol. The van der Waals surface area contributed by atoms with Crippen LogP contribution in [0.3, 0.4) is 0 Å². The average molecular weight is 284 g/mol. The summed E-state index contributed by atoms with van der Waals surface area (Å²) in [6.07, 6.45) is -0.841. The summed E-state index contributed by atoms with van der Waals surface area (Å²) in [4.78, 5) is 21.8. The number of cyclic esters (lactones) is 1. The normalized spacial score (nSPS) is 15.8. The molecule has 7 nitrogen and oxygen atoms in total. The van der Waals surface area contributed by atoms with Crippen LogP contribution in [0.4, 0.5) is 11.4 Å². The van der Waals surface area contributed by atoms with Crippen LogP contribution >= 0.6 is 0 Å². The molecule has 0 aromatic heterocycles. The number of hydrogen-bond donors (Lipinski definition) is 2. The number of nitrogens with zero attached hydrogens (tertiary/aromatic N) is 1. The Morgan fingerprint density at radius 1 is 1.38 bits per heavy atom. The van der Waals surface area contributed by atoms with Crippen molar-refractivity contribution in [2.75, 3.05) is 5.32 Å². The molecule has 0 aliphatic carbocycles. The van der Waals surface area contributed by atoms with Crippen LogP contribution in [-0.4, -0.2) is 16.0 Å². The Hall–Kier alpha value is -3.27. The summed E-state index contributed by atoms with van der Waals surface area (Å²) in [7, 11) is 0. The smallest absolute Gasteiger partial charge is 0.349 e. The highest BCUT2D eigenvalue weighted by Crippen LogP contribution is 2.35. The van der Waals surface area contributed by atoms with Gasteiger partial charge in [-0.1, -0.05) is 12.1 Å². The number of nitro benzene ring substituents is 1. The van der Waals surface area contributed by atoms with Crippen molar-refractivity contribution >= 4 is 17.3 Å². The summed E-state index contributed by atoms with van der Waals surface area (Å²) in [5, 5.41) is 23.3. The SMILES string of the molecule is O=C1O[C@@H](Nc2cc([N+](=O)[O-])ccc2O)c2ccc#cc21. The standard InChI is InChI=1S/C14H8N2O5/c17-12-6-5-8(16(19)20)7-11(12)15-13-9-3-1-2-4-10(9)14(18)21-13/h1,3,5-7,13,15,17H/t13-/m1/s1. The molecule has 1 aliphatic heterocycles. The molecule has 2 aromatic carbocycles. The van der Waals surface area contributed by atoms with Crippen molar-refractivity contribution in [3.05, 3.63) is 63.7 Å². The van der Waals surface area contributed by atoms with Crippen LogP contribution in [-0.2, 0) is 4.74 Å². The third kappa shape index (κ3) is 2.19. The van der Waals surface area contributed by atoms with Crippen LogP contribution in [0.15, 0.2) is 30.3 Å². The predicted octanol–water partition coefficient (Wildman–Crippen LogP) is 2.18. The minimum atomic E-state index is -0.841. The van der Waals surface area contributed by atoms with Gasteiger partial charge in [-0.25, -0.2) is 4.79 Å². The minimum Gasteiger partial charge on any atom is -0.506 e. The number of hydrogen-bond acceptors (Lipinski definition) is 6. The van der Waals surface area contributed by atoms with Gasteiger partial charge in [-0.2, -0.15) is 0 Å². The average Bonchev–Trinajstić information content (AvgIpc) is 2.78. The Morgan fingerprint density at radius 2 is 2.19 bits per heavy atom. The number of carbonyl (C=O) groups excluding carboxylic acids is 1. The van der Waals surface area contributed by atoms with E-state index in [1.165, 1.54) is 18.2 Å². The van der Waals surface area contributed by atoms with Crippen molar-refractivity contribution in [2.45, 2.75) is 6.23 Å². The molecule has 104 valence electrons. The molecule has 0 bridgehead atoms. The lowest BCUT2D eigenvalue weighted by molar-refractivity contribution is -0.384. The monoisotopic (exact) mass is 284 g/mol. The van der Waals surface area contributed by atoms with Crippen LogP contribution in [0.2, 0.25) is 0 Å². The largest absolute Gasteiger partial charge is 0.506 e. The Kier molecular flexibility index (Phi) is 2.84. The highest BCUT2D eigenvalue weighted by Gasteiger charge is 2.31. The molecule has 1 aliphatic rings. The number of ether oxygens (including phenoxy) is 1. The molecule has 0 radical (unpaired) electrons. The van der Waals surface area contributed by atoms with E-state index in [1.807, 2.05) is 0 Å². The number of aromatic hydroxyl groups is 1. The quantitative estimate of drug-likeness (QED) is 0.387. The van der Waals surface area contributed by atoms with E-state index in [0.29, 0.717) is 5.56 Å². The molecule has 21 heavy (non-hydrogen) atoms. The lowest BCUT2D eigenvalue weighted by Gasteiger charge is -2.14. The highest BCUT2D eigenvalue weighted by molar-refractivity contribution is 5.93. The molecule has 1 atom stereocenters. The van der Waals surface area contributed by atoms with Gasteiger partial charge in [0, 0.05) is 17.7 Å². The molecule has 0 spiro atoms. The van der Waals surface area contributed by atoms with Crippen molar-refractivity contribution in [3.63, 3.8) is 0 Å². The number of nitrogens with one attached hydrogen (secondary N) is 1. The maximum absolute atomic E-state index is 11.6. The molecular formula is C14H8N2O5. The van der Waals surface area contributed by atoms with Crippen molar-refractivity contribution in [3.8, 4) is 5.75 Å². The van der Waals surface area contributed by atoms with Gasteiger partial charge in [0.05, 0.1) is 10.6 Å². The Balaban J connectivity index is 1.93. The number of fused-ring (bicyclic) bond motifs is 1. The van der Waals surface area contributed by atoms with E-state index >= 15 is 0 Å². The Morgan fingerprint density at radius 3 is 2.95 bits per heavy atom. The van der Waals surface area contributed by atoms with E-state index < -0.39 is 17.1 Å². The molecule has 0 fully saturated rings. The van der Waals surface area contributed by atoms with Crippen LogP contribution in [0.1, 0.15) is 22.1 Å². The van der Waals surface area contributed by atoms with Gasteiger partial charge in [0.15, 0.2) is 0 Å². The van der Waals surface area contributed by atoms with E-state index in [2.05, 4.69) is 17.4 Å². The second-order valence-corrected chi connectivity index (χ2v) is 4.32. The maximum atomic E-state index is 11.6. The third-order valence-corrected chi connectivity index (χ3v) is 3.02. The predicted molar refractivity (Wildman–Crippen MR) is 70.7 cm³/mol. The number of esters is 1. The molecule has 7 heteroatoms. The van der Waals surface area contributed by atoms with E-state index in [0.717, 1.165) is 0 Å². The Bertz CT molecular complexity index is 744. The van der Waals surface area contributed by atoms with Crippen molar-refractivity contribution in [1.29, 1.82) is 0 Å². The van der Waals surface area contributed by atoms with Gasteiger partial charge < -0.3 is 15.2 Å².